The Morgan fingerprint density at radius 1 is 0.875 bits per heavy atom. The summed E-state index contributed by atoms with van der Waals surface area (Å²) in [6.07, 6.45) is 2.54. The molecule has 1 heteroatoms. The van der Waals surface area contributed by atoms with Crippen LogP contribution in [0.25, 0.3) is 0 Å². The van der Waals surface area contributed by atoms with E-state index in [-0.39, 0.29) is 0 Å². The Bertz CT molecular complexity index is 165. The predicted molar refractivity (Wildman–Crippen MR) is 74.7 cm³/mol. The lowest BCUT2D eigenvalue weighted by atomic mass is 9.77. The van der Waals surface area contributed by atoms with Gasteiger partial charge in [0.15, 0.2) is 0 Å². The van der Waals surface area contributed by atoms with Gasteiger partial charge in [-0.1, -0.05) is 41.5 Å². The molecule has 0 aromatic rings. The Hall–Kier alpha value is -0.0400. The molecule has 0 aliphatic heterocycles. The van der Waals surface area contributed by atoms with Crippen LogP contribution in [0.3, 0.4) is 0 Å². The smallest absolute Gasteiger partial charge is 0.00413 e. The van der Waals surface area contributed by atoms with Gasteiger partial charge in [-0.3, -0.25) is 0 Å². The van der Waals surface area contributed by atoms with E-state index in [9.17, 15) is 0 Å². The fourth-order valence-electron chi connectivity index (χ4n) is 2.37. The lowest BCUT2D eigenvalue weighted by molar-refractivity contribution is 0.203. The first-order chi connectivity index (χ1) is 7.40. The van der Waals surface area contributed by atoms with Crippen molar-refractivity contribution in [3.8, 4) is 0 Å². The summed E-state index contributed by atoms with van der Waals surface area (Å²) in [7, 11) is 0. The zero-order valence-corrected chi connectivity index (χ0v) is 12.5. The molecule has 0 aromatic heterocycles. The van der Waals surface area contributed by atoms with Gasteiger partial charge in [-0.15, -0.1) is 0 Å². The molecule has 98 valence electrons. The minimum atomic E-state index is 0.664. The molecule has 0 spiro atoms. The third-order valence-corrected chi connectivity index (χ3v) is 4.25. The first-order valence-corrected chi connectivity index (χ1v) is 7.13. The zero-order chi connectivity index (χ0) is 12.7. The van der Waals surface area contributed by atoms with Crippen LogP contribution in [0, 0.1) is 23.7 Å². The van der Waals surface area contributed by atoms with Crippen LogP contribution < -0.4 is 5.32 Å². The van der Waals surface area contributed by atoms with Crippen molar-refractivity contribution >= 4 is 0 Å². The van der Waals surface area contributed by atoms with Gasteiger partial charge in [0.25, 0.3) is 0 Å². The first kappa shape index (κ1) is 16.0. The van der Waals surface area contributed by atoms with E-state index in [0.717, 1.165) is 30.2 Å². The maximum Gasteiger partial charge on any atom is 0.00413 e. The molecule has 0 heterocycles. The van der Waals surface area contributed by atoms with Crippen LogP contribution in [0.4, 0.5) is 0 Å². The molecule has 0 radical (unpaired) electrons. The Balaban J connectivity index is 3.98. The summed E-state index contributed by atoms with van der Waals surface area (Å²) >= 11 is 0. The van der Waals surface area contributed by atoms with Crippen LogP contribution in [0.2, 0.25) is 0 Å². The van der Waals surface area contributed by atoms with Crippen molar-refractivity contribution in [2.24, 2.45) is 23.7 Å². The number of nitrogens with one attached hydrogen (secondary N) is 1. The van der Waals surface area contributed by atoms with Crippen molar-refractivity contribution in [1.82, 2.24) is 5.32 Å². The van der Waals surface area contributed by atoms with E-state index in [2.05, 4.69) is 53.8 Å². The highest BCUT2D eigenvalue weighted by Gasteiger charge is 2.22. The summed E-state index contributed by atoms with van der Waals surface area (Å²) in [5.41, 5.74) is 0. The number of rotatable bonds is 8. The van der Waals surface area contributed by atoms with Gasteiger partial charge in [0, 0.05) is 6.04 Å². The molecule has 0 saturated carbocycles. The summed E-state index contributed by atoms with van der Waals surface area (Å²) in [5.74, 6) is 3.27. The van der Waals surface area contributed by atoms with E-state index in [1.807, 2.05) is 0 Å². The molecule has 0 rings (SSSR count). The Morgan fingerprint density at radius 2 is 1.44 bits per heavy atom. The van der Waals surface area contributed by atoms with Crippen molar-refractivity contribution < 1.29 is 0 Å². The molecule has 1 N–H and O–H groups in total. The van der Waals surface area contributed by atoms with Crippen molar-refractivity contribution in [3.63, 3.8) is 0 Å². The minimum Gasteiger partial charge on any atom is -0.314 e. The molecule has 0 fully saturated rings. The van der Waals surface area contributed by atoms with E-state index in [1.165, 1.54) is 12.8 Å². The van der Waals surface area contributed by atoms with E-state index in [4.69, 9.17) is 0 Å². The molecule has 0 saturated heterocycles. The van der Waals surface area contributed by atoms with E-state index in [0.29, 0.717) is 6.04 Å². The van der Waals surface area contributed by atoms with Crippen molar-refractivity contribution in [1.29, 1.82) is 0 Å². The highest BCUT2D eigenvalue weighted by atomic mass is 14.9. The van der Waals surface area contributed by atoms with Crippen molar-refractivity contribution in [2.45, 2.75) is 67.3 Å². The second kappa shape index (κ2) is 8.11. The first-order valence-electron chi connectivity index (χ1n) is 7.13. The van der Waals surface area contributed by atoms with Gasteiger partial charge in [-0.05, 0) is 50.0 Å². The molecule has 0 amide bonds. The molecule has 0 aliphatic rings. The molecule has 0 aliphatic carbocycles. The van der Waals surface area contributed by atoms with Crippen LogP contribution >= 0.6 is 0 Å². The standard InChI is InChI=1S/C15H33N/c1-8-9-16-13(5)10-12(4)15(7)14(6)11(2)3/h11-16H,8-10H2,1-7H3. The minimum absolute atomic E-state index is 0.664. The molecule has 4 atom stereocenters. The third kappa shape index (κ3) is 5.89. The molecule has 16 heavy (non-hydrogen) atoms. The van der Waals surface area contributed by atoms with Gasteiger partial charge >= 0.3 is 0 Å². The second-order valence-electron chi connectivity index (χ2n) is 6.03. The van der Waals surface area contributed by atoms with Crippen LogP contribution in [0.1, 0.15) is 61.3 Å². The highest BCUT2D eigenvalue weighted by Crippen LogP contribution is 2.29. The molecular weight excluding hydrogens is 194 g/mol. The maximum atomic E-state index is 3.59. The van der Waals surface area contributed by atoms with Gasteiger partial charge in [0.1, 0.15) is 0 Å². The molecule has 0 aromatic carbocycles. The predicted octanol–water partition coefficient (Wildman–Crippen LogP) is 4.33. The Morgan fingerprint density at radius 3 is 1.88 bits per heavy atom. The maximum absolute atomic E-state index is 3.59. The van der Waals surface area contributed by atoms with Crippen LogP contribution in [0.15, 0.2) is 0 Å². The van der Waals surface area contributed by atoms with Gasteiger partial charge in [-0.2, -0.15) is 0 Å². The Kier molecular flexibility index (Phi) is 8.09. The molecular formula is C15H33N. The summed E-state index contributed by atoms with van der Waals surface area (Å²) in [6.45, 7) is 17.6. The summed E-state index contributed by atoms with van der Waals surface area (Å²) in [5, 5.41) is 3.59. The third-order valence-electron chi connectivity index (χ3n) is 4.25. The summed E-state index contributed by atoms with van der Waals surface area (Å²) < 4.78 is 0. The van der Waals surface area contributed by atoms with Gasteiger partial charge < -0.3 is 5.32 Å². The fraction of sp³-hybridized carbons (Fsp3) is 1.00. The number of hydrogen-bond acceptors (Lipinski definition) is 1. The van der Waals surface area contributed by atoms with E-state index >= 15 is 0 Å². The van der Waals surface area contributed by atoms with Crippen LogP contribution in [-0.4, -0.2) is 12.6 Å². The van der Waals surface area contributed by atoms with Gasteiger partial charge in [0.2, 0.25) is 0 Å². The fourth-order valence-corrected chi connectivity index (χ4v) is 2.37. The molecule has 0 bridgehead atoms. The monoisotopic (exact) mass is 227 g/mol. The van der Waals surface area contributed by atoms with Gasteiger partial charge in [0.05, 0.1) is 0 Å². The number of hydrogen-bond donors (Lipinski definition) is 1. The van der Waals surface area contributed by atoms with Gasteiger partial charge in [-0.25, -0.2) is 0 Å². The molecule has 4 unspecified atom stereocenters. The second-order valence-corrected chi connectivity index (χ2v) is 6.03. The van der Waals surface area contributed by atoms with Crippen LogP contribution in [0.5, 0.6) is 0 Å². The average Bonchev–Trinajstić information content (AvgIpc) is 2.23. The Labute approximate surface area is 103 Å². The zero-order valence-electron chi connectivity index (χ0n) is 12.5. The lowest BCUT2D eigenvalue weighted by Gasteiger charge is -2.30. The van der Waals surface area contributed by atoms with Crippen molar-refractivity contribution in [3.05, 3.63) is 0 Å². The van der Waals surface area contributed by atoms with E-state index < -0.39 is 0 Å². The highest BCUT2D eigenvalue weighted by molar-refractivity contribution is 4.74. The average molecular weight is 227 g/mol. The quantitative estimate of drug-likeness (QED) is 0.651. The molecule has 1 nitrogen and oxygen atoms in total. The lowest BCUT2D eigenvalue weighted by Crippen LogP contribution is -2.31. The SMILES string of the molecule is CCCNC(C)CC(C)C(C)C(C)C(C)C. The normalized spacial score (nSPS) is 19.5. The summed E-state index contributed by atoms with van der Waals surface area (Å²) in [6, 6.07) is 0.664. The summed E-state index contributed by atoms with van der Waals surface area (Å²) in [4.78, 5) is 0. The van der Waals surface area contributed by atoms with Crippen LogP contribution in [-0.2, 0) is 0 Å². The topological polar surface area (TPSA) is 12.0 Å². The van der Waals surface area contributed by atoms with Crippen molar-refractivity contribution in [2.75, 3.05) is 6.54 Å². The van der Waals surface area contributed by atoms with E-state index in [1.54, 1.807) is 0 Å². The largest absolute Gasteiger partial charge is 0.314 e.